The first-order valence-electron chi connectivity index (χ1n) is 8.53. The van der Waals surface area contributed by atoms with Crippen molar-refractivity contribution in [3.05, 3.63) is 0 Å². The monoisotopic (exact) mass is 311 g/mol. The van der Waals surface area contributed by atoms with Gasteiger partial charge in [0.05, 0.1) is 11.7 Å². The number of carbonyl (C=O) groups excluding carboxylic acids is 1. The molecule has 5 heteroatoms. The average molecular weight is 311 g/mol. The number of aliphatic hydroxyl groups excluding tert-OH is 1. The van der Waals surface area contributed by atoms with Crippen LogP contribution in [0.25, 0.3) is 0 Å². The van der Waals surface area contributed by atoms with Crippen molar-refractivity contribution in [1.29, 1.82) is 0 Å². The summed E-state index contributed by atoms with van der Waals surface area (Å²) in [5, 5.41) is 15.6. The van der Waals surface area contributed by atoms with E-state index in [0.717, 1.165) is 32.4 Å². The number of nitrogens with zero attached hydrogens (tertiary/aromatic N) is 1. The minimum atomic E-state index is -0.259. The molecule has 0 aromatic carbocycles. The minimum Gasteiger partial charge on any atom is -0.396 e. The zero-order chi connectivity index (χ0) is 16.6. The third-order valence-corrected chi connectivity index (χ3v) is 4.98. The summed E-state index contributed by atoms with van der Waals surface area (Å²) in [6.45, 7) is 13.5. The number of hydrogen-bond acceptors (Lipinski definition) is 4. The lowest BCUT2D eigenvalue weighted by molar-refractivity contribution is -0.121. The van der Waals surface area contributed by atoms with E-state index in [-0.39, 0.29) is 29.8 Å². The van der Waals surface area contributed by atoms with E-state index in [1.54, 1.807) is 0 Å². The molecule has 0 saturated carbocycles. The number of hydrogen-bond donors (Lipinski definition) is 3. The van der Waals surface area contributed by atoms with Crippen LogP contribution in [0.3, 0.4) is 0 Å². The van der Waals surface area contributed by atoms with Crippen LogP contribution in [0.1, 0.15) is 60.3 Å². The van der Waals surface area contributed by atoms with E-state index in [1.807, 2.05) is 0 Å². The Balaban J connectivity index is 1.95. The summed E-state index contributed by atoms with van der Waals surface area (Å²) in [6, 6.07) is -0.237. The van der Waals surface area contributed by atoms with Crippen LogP contribution in [0.4, 0.5) is 0 Å². The highest BCUT2D eigenvalue weighted by Gasteiger charge is 2.46. The Hall–Kier alpha value is -0.650. The fraction of sp³-hybridized carbons (Fsp3) is 0.941. The molecule has 1 amide bonds. The van der Waals surface area contributed by atoms with Gasteiger partial charge in [-0.1, -0.05) is 20.8 Å². The Bertz CT molecular complexity index is 407. The zero-order valence-corrected chi connectivity index (χ0v) is 14.8. The van der Waals surface area contributed by atoms with Gasteiger partial charge in [-0.05, 0) is 44.9 Å². The van der Waals surface area contributed by atoms with Crippen molar-refractivity contribution in [1.82, 2.24) is 15.5 Å². The summed E-state index contributed by atoms with van der Waals surface area (Å²) >= 11 is 0. The highest BCUT2D eigenvalue weighted by Crippen LogP contribution is 2.35. The van der Waals surface area contributed by atoms with Gasteiger partial charge in [0.1, 0.15) is 0 Å². The van der Waals surface area contributed by atoms with Gasteiger partial charge in [-0.3, -0.25) is 15.0 Å². The lowest BCUT2D eigenvalue weighted by Crippen LogP contribution is -2.61. The fourth-order valence-electron chi connectivity index (χ4n) is 4.26. The second kappa shape index (κ2) is 6.10. The summed E-state index contributed by atoms with van der Waals surface area (Å²) in [4.78, 5) is 14.6. The minimum absolute atomic E-state index is 0.0384. The first-order chi connectivity index (χ1) is 10.1. The number of amides is 1. The van der Waals surface area contributed by atoms with Gasteiger partial charge in [0, 0.05) is 25.2 Å². The van der Waals surface area contributed by atoms with E-state index < -0.39 is 0 Å². The lowest BCUT2D eigenvalue weighted by Gasteiger charge is -2.48. The van der Waals surface area contributed by atoms with Crippen molar-refractivity contribution in [3.8, 4) is 0 Å². The molecular weight excluding hydrogens is 278 g/mol. The molecule has 1 spiro atoms. The Morgan fingerprint density at radius 1 is 1.23 bits per heavy atom. The third kappa shape index (κ3) is 4.00. The molecule has 0 radical (unpaired) electrons. The van der Waals surface area contributed by atoms with Crippen LogP contribution in [-0.4, -0.2) is 52.9 Å². The van der Waals surface area contributed by atoms with Crippen LogP contribution in [0.15, 0.2) is 0 Å². The maximum atomic E-state index is 12.0. The van der Waals surface area contributed by atoms with Crippen molar-refractivity contribution in [2.24, 2.45) is 5.41 Å². The second-order valence-electron chi connectivity index (χ2n) is 8.82. The molecule has 0 aromatic heterocycles. The molecule has 0 bridgehead atoms. The third-order valence-electron chi connectivity index (χ3n) is 4.98. The Labute approximate surface area is 134 Å². The topological polar surface area (TPSA) is 64.6 Å². The van der Waals surface area contributed by atoms with Crippen LogP contribution in [0.5, 0.6) is 0 Å². The van der Waals surface area contributed by atoms with E-state index >= 15 is 0 Å². The van der Waals surface area contributed by atoms with Gasteiger partial charge >= 0.3 is 0 Å². The maximum Gasteiger partial charge on any atom is 0.238 e. The van der Waals surface area contributed by atoms with Crippen molar-refractivity contribution < 1.29 is 9.90 Å². The maximum absolute atomic E-state index is 12.0. The largest absolute Gasteiger partial charge is 0.396 e. The fourth-order valence-corrected chi connectivity index (χ4v) is 4.26. The van der Waals surface area contributed by atoms with Crippen LogP contribution < -0.4 is 10.6 Å². The summed E-state index contributed by atoms with van der Waals surface area (Å²) in [5.41, 5.74) is 0.225. The summed E-state index contributed by atoms with van der Waals surface area (Å²) in [6.07, 6.45) is 3.50. The summed E-state index contributed by atoms with van der Waals surface area (Å²) in [5.74, 6) is 0.0384. The van der Waals surface area contributed by atoms with E-state index in [2.05, 4.69) is 50.2 Å². The van der Waals surface area contributed by atoms with E-state index in [1.165, 1.54) is 0 Å². The normalized spacial score (nSPS) is 26.5. The summed E-state index contributed by atoms with van der Waals surface area (Å²) < 4.78 is 0. The SMILES string of the molecule is CC(C)(C)CC(C)(C)N1CCC2(CC1)NC(=O)[C@@H](CCO)N2. The molecule has 0 aromatic rings. The standard InChI is InChI=1S/C17H33N3O2/c1-15(2,3)12-16(4,5)20-9-7-17(8-10-20)18-13(6-11-21)14(22)19-17/h13,18,21H,6-12H2,1-5H3,(H,19,22)/t13-/m1/s1. The van der Waals surface area contributed by atoms with Crippen molar-refractivity contribution in [3.63, 3.8) is 0 Å². The van der Waals surface area contributed by atoms with Crippen LogP contribution in [0, 0.1) is 5.41 Å². The van der Waals surface area contributed by atoms with Gasteiger partial charge < -0.3 is 10.4 Å². The molecule has 3 N–H and O–H groups in total. The lowest BCUT2D eigenvalue weighted by atomic mass is 9.79. The number of carbonyl (C=O) groups is 1. The number of likely N-dealkylation sites (tertiary alicyclic amines) is 1. The van der Waals surface area contributed by atoms with E-state index in [9.17, 15) is 4.79 Å². The molecule has 5 nitrogen and oxygen atoms in total. The van der Waals surface area contributed by atoms with E-state index in [4.69, 9.17) is 5.11 Å². The predicted octanol–water partition coefficient (Wildman–Crippen LogP) is 1.46. The van der Waals surface area contributed by atoms with Gasteiger partial charge in [0.15, 0.2) is 0 Å². The number of piperidine rings is 1. The summed E-state index contributed by atoms with van der Waals surface area (Å²) in [7, 11) is 0. The average Bonchev–Trinajstić information content (AvgIpc) is 2.64. The Morgan fingerprint density at radius 3 is 2.32 bits per heavy atom. The highest BCUT2D eigenvalue weighted by atomic mass is 16.3. The molecule has 2 aliphatic heterocycles. The van der Waals surface area contributed by atoms with Crippen molar-refractivity contribution >= 4 is 5.91 Å². The van der Waals surface area contributed by atoms with E-state index in [0.29, 0.717) is 11.8 Å². The zero-order valence-electron chi connectivity index (χ0n) is 14.8. The van der Waals surface area contributed by atoms with Gasteiger partial charge in [0.2, 0.25) is 5.91 Å². The highest BCUT2D eigenvalue weighted by molar-refractivity contribution is 5.85. The van der Waals surface area contributed by atoms with Crippen LogP contribution >= 0.6 is 0 Å². The van der Waals surface area contributed by atoms with Crippen molar-refractivity contribution in [2.45, 2.75) is 77.5 Å². The molecular formula is C17H33N3O2. The first-order valence-corrected chi connectivity index (χ1v) is 8.53. The molecule has 2 fully saturated rings. The molecule has 0 unspecified atom stereocenters. The van der Waals surface area contributed by atoms with Crippen LogP contribution in [0.2, 0.25) is 0 Å². The van der Waals surface area contributed by atoms with Gasteiger partial charge in [0.25, 0.3) is 0 Å². The first kappa shape index (κ1) is 17.7. The second-order valence-corrected chi connectivity index (χ2v) is 8.82. The number of nitrogens with one attached hydrogen (secondary N) is 2. The number of rotatable bonds is 4. The Kier molecular flexibility index (Phi) is 4.91. The molecule has 2 heterocycles. The van der Waals surface area contributed by atoms with Crippen LogP contribution in [-0.2, 0) is 4.79 Å². The van der Waals surface area contributed by atoms with Gasteiger partial charge in [-0.15, -0.1) is 0 Å². The van der Waals surface area contributed by atoms with Gasteiger partial charge in [-0.25, -0.2) is 0 Å². The molecule has 1 atom stereocenters. The molecule has 2 aliphatic rings. The smallest absolute Gasteiger partial charge is 0.238 e. The molecule has 128 valence electrons. The molecule has 22 heavy (non-hydrogen) atoms. The van der Waals surface area contributed by atoms with Crippen molar-refractivity contribution in [2.75, 3.05) is 19.7 Å². The quantitative estimate of drug-likeness (QED) is 0.735. The predicted molar refractivity (Wildman–Crippen MR) is 88.5 cm³/mol. The molecule has 0 aliphatic carbocycles. The number of aliphatic hydroxyl groups is 1. The Morgan fingerprint density at radius 2 is 1.82 bits per heavy atom. The molecule has 2 saturated heterocycles. The van der Waals surface area contributed by atoms with Gasteiger partial charge in [-0.2, -0.15) is 0 Å². The molecule has 2 rings (SSSR count).